The summed E-state index contributed by atoms with van der Waals surface area (Å²) in [4.78, 5) is 37.3. The van der Waals surface area contributed by atoms with Gasteiger partial charge in [0.25, 0.3) is 16.8 Å². The molecule has 0 unspecified atom stereocenters. The van der Waals surface area contributed by atoms with E-state index in [0.29, 0.717) is 22.6 Å². The van der Waals surface area contributed by atoms with Crippen LogP contribution in [0.1, 0.15) is 22.5 Å². The average molecular weight is 479 g/mol. The van der Waals surface area contributed by atoms with Crippen molar-refractivity contribution in [2.45, 2.75) is 20.8 Å². The molecular weight excluding hydrogens is 456 g/mol. The lowest BCUT2D eigenvalue weighted by Gasteiger charge is -2.14. The van der Waals surface area contributed by atoms with E-state index in [1.54, 1.807) is 31.2 Å². The highest BCUT2D eigenvalue weighted by Gasteiger charge is 2.35. The topological polar surface area (TPSA) is 103 Å². The molecule has 1 aliphatic heterocycles. The van der Waals surface area contributed by atoms with Crippen molar-refractivity contribution in [1.29, 1.82) is 0 Å². The summed E-state index contributed by atoms with van der Waals surface area (Å²) >= 11 is 0.836. The molecule has 0 N–H and O–H groups in total. The van der Waals surface area contributed by atoms with Crippen LogP contribution in [0, 0.1) is 30.9 Å². The minimum Gasteiger partial charge on any atom is -0.491 e. The van der Waals surface area contributed by atoms with Gasteiger partial charge >= 0.3 is 0 Å². The second-order valence-corrected chi connectivity index (χ2v) is 8.90. The van der Waals surface area contributed by atoms with E-state index >= 15 is 0 Å². The number of amides is 2. The van der Waals surface area contributed by atoms with Crippen molar-refractivity contribution in [2.75, 3.05) is 13.2 Å². The number of nitrogens with zero attached hydrogens (tertiary/aromatic N) is 2. The first-order valence-electron chi connectivity index (χ1n) is 10.5. The third kappa shape index (κ3) is 4.89. The van der Waals surface area contributed by atoms with Gasteiger partial charge in [0.2, 0.25) is 0 Å². The molecule has 0 aliphatic carbocycles. The van der Waals surface area contributed by atoms with Crippen LogP contribution in [0.15, 0.2) is 57.9 Å². The SMILES string of the molecule is Cc1ccc(C)c(OCCN2C(=O)S/C(=C\c3ccc(-c4ccc(C)c([N+](=O)[O-])c4)o3)C2=O)c1. The molecule has 0 atom stereocenters. The average Bonchev–Trinajstić information content (AvgIpc) is 3.36. The van der Waals surface area contributed by atoms with Gasteiger partial charge < -0.3 is 9.15 Å². The maximum absolute atomic E-state index is 12.8. The van der Waals surface area contributed by atoms with Gasteiger partial charge in [0, 0.05) is 23.3 Å². The van der Waals surface area contributed by atoms with Crippen LogP contribution in [0.5, 0.6) is 5.75 Å². The molecule has 2 amide bonds. The number of ether oxygens (including phenoxy) is 1. The zero-order chi connectivity index (χ0) is 24.4. The van der Waals surface area contributed by atoms with Gasteiger partial charge in [0.05, 0.1) is 16.4 Å². The van der Waals surface area contributed by atoms with E-state index in [1.807, 2.05) is 32.0 Å². The predicted molar refractivity (Wildman–Crippen MR) is 130 cm³/mol. The summed E-state index contributed by atoms with van der Waals surface area (Å²) in [5.41, 5.74) is 3.14. The van der Waals surface area contributed by atoms with Gasteiger partial charge in [-0.2, -0.15) is 0 Å². The first-order valence-corrected chi connectivity index (χ1v) is 11.4. The first kappa shape index (κ1) is 23.3. The number of rotatable bonds is 7. The fraction of sp³-hybridized carbons (Fsp3) is 0.200. The fourth-order valence-electron chi connectivity index (χ4n) is 3.48. The lowest BCUT2D eigenvalue weighted by molar-refractivity contribution is -0.385. The molecule has 2 aromatic carbocycles. The van der Waals surface area contributed by atoms with Crippen molar-refractivity contribution in [3.8, 4) is 17.1 Å². The van der Waals surface area contributed by atoms with Crippen molar-refractivity contribution in [2.24, 2.45) is 0 Å². The van der Waals surface area contributed by atoms with Crippen LogP contribution in [0.25, 0.3) is 17.4 Å². The van der Waals surface area contributed by atoms with Crippen LogP contribution < -0.4 is 4.74 Å². The molecule has 1 saturated heterocycles. The largest absolute Gasteiger partial charge is 0.491 e. The number of imide groups is 1. The number of hydrogen-bond donors (Lipinski definition) is 0. The molecule has 0 saturated carbocycles. The number of thioether (sulfide) groups is 1. The minimum absolute atomic E-state index is 0.000328. The van der Waals surface area contributed by atoms with Gasteiger partial charge in [-0.1, -0.05) is 24.3 Å². The molecule has 0 bridgehead atoms. The standard InChI is InChI=1S/C25H22N2O6S/c1-15-4-5-17(3)22(12-15)32-11-10-26-24(28)23(34-25(26)29)14-19-8-9-21(33-19)18-7-6-16(2)20(13-18)27(30)31/h4-9,12-14H,10-11H2,1-3H3/b23-14-. The molecule has 3 aromatic rings. The Labute approximate surface area is 200 Å². The number of carbonyl (C=O) groups is 2. The highest BCUT2D eigenvalue weighted by molar-refractivity contribution is 8.18. The normalized spacial score (nSPS) is 14.8. The molecule has 1 aromatic heterocycles. The summed E-state index contributed by atoms with van der Waals surface area (Å²) in [7, 11) is 0. The molecule has 34 heavy (non-hydrogen) atoms. The number of nitro groups is 1. The maximum atomic E-state index is 12.8. The van der Waals surface area contributed by atoms with Crippen molar-refractivity contribution >= 4 is 34.7 Å². The summed E-state index contributed by atoms with van der Waals surface area (Å²) in [5, 5.41) is 10.8. The van der Waals surface area contributed by atoms with Crippen LogP contribution in [0.2, 0.25) is 0 Å². The Morgan fingerprint density at radius 1 is 1.06 bits per heavy atom. The van der Waals surface area contributed by atoms with Crippen molar-refractivity contribution in [1.82, 2.24) is 4.90 Å². The van der Waals surface area contributed by atoms with Crippen LogP contribution in [-0.2, 0) is 4.79 Å². The Balaban J connectivity index is 1.44. The summed E-state index contributed by atoms with van der Waals surface area (Å²) in [5.74, 6) is 1.11. The Morgan fingerprint density at radius 2 is 1.82 bits per heavy atom. The van der Waals surface area contributed by atoms with Crippen molar-refractivity contribution in [3.05, 3.63) is 86.0 Å². The third-order valence-electron chi connectivity index (χ3n) is 5.38. The predicted octanol–water partition coefficient (Wildman–Crippen LogP) is 5.90. The highest BCUT2D eigenvalue weighted by Crippen LogP contribution is 2.34. The number of furan rings is 1. The van der Waals surface area contributed by atoms with E-state index in [-0.39, 0.29) is 29.0 Å². The quantitative estimate of drug-likeness (QED) is 0.237. The summed E-state index contributed by atoms with van der Waals surface area (Å²) in [6.07, 6.45) is 1.50. The van der Waals surface area contributed by atoms with E-state index in [1.165, 1.54) is 12.1 Å². The molecular formula is C25H22N2O6S. The second kappa shape index (κ2) is 9.56. The smallest absolute Gasteiger partial charge is 0.293 e. The molecule has 8 nitrogen and oxygen atoms in total. The first-order chi connectivity index (χ1) is 16.2. The van der Waals surface area contributed by atoms with Crippen LogP contribution in [0.4, 0.5) is 10.5 Å². The van der Waals surface area contributed by atoms with E-state index in [9.17, 15) is 19.7 Å². The monoisotopic (exact) mass is 478 g/mol. The Hall–Kier alpha value is -3.85. The second-order valence-electron chi connectivity index (χ2n) is 7.91. The number of aryl methyl sites for hydroxylation is 3. The molecule has 4 rings (SSSR count). The molecule has 0 spiro atoms. The molecule has 174 valence electrons. The Kier molecular flexibility index (Phi) is 6.56. The van der Waals surface area contributed by atoms with E-state index in [0.717, 1.165) is 33.5 Å². The van der Waals surface area contributed by atoms with Gasteiger partial charge in [0.1, 0.15) is 23.9 Å². The molecule has 0 radical (unpaired) electrons. The minimum atomic E-state index is -0.442. The van der Waals surface area contributed by atoms with Gasteiger partial charge in [-0.15, -0.1) is 0 Å². The summed E-state index contributed by atoms with van der Waals surface area (Å²) in [6.45, 7) is 5.88. The Morgan fingerprint density at radius 3 is 2.59 bits per heavy atom. The number of hydrogen-bond acceptors (Lipinski definition) is 7. The lowest BCUT2D eigenvalue weighted by Crippen LogP contribution is -2.32. The molecule has 9 heteroatoms. The van der Waals surface area contributed by atoms with E-state index in [4.69, 9.17) is 9.15 Å². The number of nitro benzene ring substituents is 1. The van der Waals surface area contributed by atoms with Gasteiger partial charge in [0.15, 0.2) is 0 Å². The fourth-order valence-corrected chi connectivity index (χ4v) is 4.32. The highest BCUT2D eigenvalue weighted by atomic mass is 32.2. The summed E-state index contributed by atoms with van der Waals surface area (Å²) in [6, 6.07) is 14.0. The Bertz CT molecular complexity index is 1330. The van der Waals surface area contributed by atoms with Gasteiger partial charge in [-0.05, 0) is 61.9 Å². The zero-order valence-corrected chi connectivity index (χ0v) is 19.7. The molecule has 1 fully saturated rings. The van der Waals surface area contributed by atoms with E-state index < -0.39 is 10.8 Å². The summed E-state index contributed by atoms with van der Waals surface area (Å²) < 4.78 is 11.5. The van der Waals surface area contributed by atoms with E-state index in [2.05, 4.69) is 0 Å². The lowest BCUT2D eigenvalue weighted by atomic mass is 10.1. The van der Waals surface area contributed by atoms with Crippen molar-refractivity contribution in [3.63, 3.8) is 0 Å². The van der Waals surface area contributed by atoms with Crippen LogP contribution in [0.3, 0.4) is 0 Å². The van der Waals surface area contributed by atoms with Gasteiger partial charge in [-0.25, -0.2) is 0 Å². The zero-order valence-electron chi connectivity index (χ0n) is 18.9. The molecule has 1 aliphatic rings. The number of carbonyl (C=O) groups excluding carboxylic acids is 2. The van der Waals surface area contributed by atoms with Gasteiger partial charge in [-0.3, -0.25) is 24.6 Å². The van der Waals surface area contributed by atoms with Crippen LogP contribution >= 0.6 is 11.8 Å². The number of benzene rings is 2. The van der Waals surface area contributed by atoms with Crippen molar-refractivity contribution < 1.29 is 23.7 Å². The van der Waals surface area contributed by atoms with Crippen LogP contribution in [-0.4, -0.2) is 34.1 Å². The molecule has 2 heterocycles. The maximum Gasteiger partial charge on any atom is 0.293 e. The third-order valence-corrected chi connectivity index (χ3v) is 6.29.